The number of fused-ring (bicyclic) bond motifs is 1. The van der Waals surface area contributed by atoms with Crippen LogP contribution in [0, 0.1) is 6.92 Å². The number of pyridine rings is 2. The van der Waals surface area contributed by atoms with E-state index < -0.39 is 11.9 Å². The smallest absolute Gasteiger partial charge is 0.325 e. The van der Waals surface area contributed by atoms with Crippen LogP contribution >= 0.6 is 11.6 Å². The van der Waals surface area contributed by atoms with E-state index in [1.54, 1.807) is 25.1 Å². The Kier molecular flexibility index (Phi) is 5.46. The molecule has 3 rings (SSSR count). The van der Waals surface area contributed by atoms with Gasteiger partial charge in [-0.25, -0.2) is 4.98 Å². The Hall–Kier alpha value is -3.26. The van der Waals surface area contributed by atoms with Crippen LogP contribution in [-0.4, -0.2) is 32.8 Å². The second-order valence-corrected chi connectivity index (χ2v) is 6.09. The zero-order valence-corrected chi connectivity index (χ0v) is 15.1. The van der Waals surface area contributed by atoms with Crippen molar-refractivity contribution in [2.75, 3.05) is 6.54 Å². The molecule has 8 nitrogen and oxygen atoms in total. The number of amides is 1. The Morgan fingerprint density at radius 1 is 1.26 bits per heavy atom. The molecule has 0 aliphatic rings. The Bertz CT molecular complexity index is 1080. The van der Waals surface area contributed by atoms with Crippen molar-refractivity contribution in [2.45, 2.75) is 13.5 Å². The first-order valence-corrected chi connectivity index (χ1v) is 8.35. The molecule has 1 N–H and O–H groups in total. The minimum atomic E-state index is -0.670. The van der Waals surface area contributed by atoms with Crippen molar-refractivity contribution < 1.29 is 14.3 Å². The summed E-state index contributed by atoms with van der Waals surface area (Å²) < 4.78 is 6.52. The van der Waals surface area contributed by atoms with Crippen molar-refractivity contribution in [3.63, 3.8) is 0 Å². The third-order valence-corrected chi connectivity index (χ3v) is 3.90. The van der Waals surface area contributed by atoms with Crippen LogP contribution in [0.4, 0.5) is 0 Å². The van der Waals surface area contributed by atoms with Gasteiger partial charge in [0.2, 0.25) is 0 Å². The zero-order chi connectivity index (χ0) is 19.4. The third-order valence-electron chi connectivity index (χ3n) is 3.66. The van der Waals surface area contributed by atoms with Gasteiger partial charge in [0.15, 0.2) is 0 Å². The summed E-state index contributed by atoms with van der Waals surface area (Å²) >= 11 is 5.79. The number of ether oxygens (including phenoxy) is 1. The van der Waals surface area contributed by atoms with Gasteiger partial charge in [0, 0.05) is 23.0 Å². The monoisotopic (exact) mass is 386 g/mol. The van der Waals surface area contributed by atoms with Crippen LogP contribution in [0.2, 0.25) is 5.02 Å². The molecule has 0 spiro atoms. The maximum absolute atomic E-state index is 12.2. The normalized spacial score (nSPS) is 10.6. The molecule has 27 heavy (non-hydrogen) atoms. The Morgan fingerprint density at radius 3 is 2.85 bits per heavy atom. The van der Waals surface area contributed by atoms with E-state index >= 15 is 0 Å². The van der Waals surface area contributed by atoms with Gasteiger partial charge in [-0.05, 0) is 31.2 Å². The molecule has 0 saturated carbocycles. The highest BCUT2D eigenvalue weighted by molar-refractivity contribution is 6.30. The van der Waals surface area contributed by atoms with E-state index in [0.717, 1.165) is 5.69 Å². The summed E-state index contributed by atoms with van der Waals surface area (Å²) in [4.78, 5) is 44.1. The predicted molar refractivity (Wildman–Crippen MR) is 97.6 cm³/mol. The molecule has 0 aromatic carbocycles. The van der Waals surface area contributed by atoms with E-state index in [4.69, 9.17) is 16.3 Å². The van der Waals surface area contributed by atoms with Crippen LogP contribution in [0.25, 0.3) is 5.65 Å². The minimum absolute atomic E-state index is 0.0925. The molecule has 3 heterocycles. The number of hydrogen-bond donors (Lipinski definition) is 1. The molecule has 0 bridgehead atoms. The maximum atomic E-state index is 12.2. The number of nitrogens with zero attached hydrogens (tertiary/aromatic N) is 3. The van der Waals surface area contributed by atoms with E-state index in [0.29, 0.717) is 16.4 Å². The van der Waals surface area contributed by atoms with Crippen LogP contribution in [0.1, 0.15) is 21.9 Å². The highest BCUT2D eigenvalue weighted by atomic mass is 35.5. The SMILES string of the molecule is Cc1cccc2nc(COC(=O)CNC(=O)c3cc(Cl)ccn3)cc(=O)n12. The van der Waals surface area contributed by atoms with Gasteiger partial charge in [0.05, 0.1) is 5.69 Å². The average molecular weight is 387 g/mol. The van der Waals surface area contributed by atoms with Crippen LogP contribution in [0.5, 0.6) is 0 Å². The van der Waals surface area contributed by atoms with E-state index in [9.17, 15) is 14.4 Å². The molecule has 0 radical (unpaired) electrons. The summed E-state index contributed by atoms with van der Waals surface area (Å²) in [6, 6.07) is 9.50. The summed E-state index contributed by atoms with van der Waals surface area (Å²) in [5.41, 5.74) is 1.38. The molecule has 0 aliphatic carbocycles. The summed E-state index contributed by atoms with van der Waals surface area (Å²) in [6.45, 7) is 1.27. The Morgan fingerprint density at radius 2 is 2.07 bits per heavy atom. The first kappa shape index (κ1) is 18.5. The summed E-state index contributed by atoms with van der Waals surface area (Å²) in [5, 5.41) is 2.75. The summed E-state index contributed by atoms with van der Waals surface area (Å²) in [6.07, 6.45) is 1.39. The molecule has 1 amide bonds. The Balaban J connectivity index is 1.59. The number of carbonyl (C=O) groups excluding carboxylic acids is 2. The number of aryl methyl sites for hydroxylation is 1. The van der Waals surface area contributed by atoms with Crippen LogP contribution in [0.15, 0.2) is 47.4 Å². The molecule has 0 atom stereocenters. The van der Waals surface area contributed by atoms with Gasteiger partial charge >= 0.3 is 5.97 Å². The fourth-order valence-electron chi connectivity index (χ4n) is 2.42. The van der Waals surface area contributed by atoms with Crippen LogP contribution in [0.3, 0.4) is 0 Å². The number of halogens is 1. The highest BCUT2D eigenvalue weighted by Crippen LogP contribution is 2.07. The fourth-order valence-corrected chi connectivity index (χ4v) is 2.57. The number of nitrogens with one attached hydrogen (secondary N) is 1. The van der Waals surface area contributed by atoms with Crippen molar-refractivity contribution in [1.29, 1.82) is 0 Å². The quantitative estimate of drug-likeness (QED) is 0.667. The van der Waals surface area contributed by atoms with E-state index in [1.807, 2.05) is 0 Å². The topological polar surface area (TPSA) is 103 Å². The number of rotatable bonds is 5. The van der Waals surface area contributed by atoms with Crippen LogP contribution in [-0.2, 0) is 16.1 Å². The zero-order valence-electron chi connectivity index (χ0n) is 14.3. The molecule has 0 saturated heterocycles. The molecule has 138 valence electrons. The van der Waals surface area contributed by atoms with Crippen molar-refractivity contribution in [2.24, 2.45) is 0 Å². The third kappa shape index (κ3) is 4.48. The first-order chi connectivity index (χ1) is 12.9. The number of carbonyl (C=O) groups is 2. The van der Waals surface area contributed by atoms with Gasteiger partial charge in [-0.2, -0.15) is 0 Å². The van der Waals surface area contributed by atoms with Crippen molar-refractivity contribution in [1.82, 2.24) is 19.7 Å². The van der Waals surface area contributed by atoms with E-state index in [2.05, 4.69) is 15.3 Å². The number of esters is 1. The van der Waals surface area contributed by atoms with Crippen molar-refractivity contribution >= 4 is 29.1 Å². The van der Waals surface area contributed by atoms with E-state index in [1.165, 1.54) is 28.8 Å². The lowest BCUT2D eigenvalue weighted by Crippen LogP contribution is -2.31. The van der Waals surface area contributed by atoms with Gasteiger partial charge in [-0.3, -0.25) is 23.8 Å². The van der Waals surface area contributed by atoms with Gasteiger partial charge in [0.1, 0.15) is 24.5 Å². The summed E-state index contributed by atoms with van der Waals surface area (Å²) in [5.74, 6) is -1.22. The summed E-state index contributed by atoms with van der Waals surface area (Å²) in [7, 11) is 0. The lowest BCUT2D eigenvalue weighted by molar-refractivity contribution is -0.143. The maximum Gasteiger partial charge on any atom is 0.325 e. The van der Waals surface area contributed by atoms with Gasteiger partial charge < -0.3 is 10.1 Å². The molecular weight excluding hydrogens is 372 g/mol. The number of aromatic nitrogens is 3. The van der Waals surface area contributed by atoms with Gasteiger partial charge in [-0.1, -0.05) is 17.7 Å². The molecule has 0 aliphatic heterocycles. The molecule has 9 heteroatoms. The van der Waals surface area contributed by atoms with Crippen LogP contribution < -0.4 is 10.9 Å². The minimum Gasteiger partial charge on any atom is -0.458 e. The standard InChI is InChI=1S/C18H15ClN4O4/c1-11-3-2-4-15-22-13(8-16(24)23(11)15)10-27-17(25)9-21-18(26)14-7-12(19)5-6-20-14/h2-8H,9-10H2,1H3,(H,21,26). The number of hydrogen-bond acceptors (Lipinski definition) is 6. The second kappa shape index (κ2) is 7.96. The van der Waals surface area contributed by atoms with Gasteiger partial charge in [0.25, 0.3) is 11.5 Å². The highest BCUT2D eigenvalue weighted by Gasteiger charge is 2.11. The lowest BCUT2D eigenvalue weighted by Gasteiger charge is -2.08. The molecular formula is C18H15ClN4O4. The second-order valence-electron chi connectivity index (χ2n) is 5.65. The lowest BCUT2D eigenvalue weighted by atomic mass is 10.3. The van der Waals surface area contributed by atoms with E-state index in [-0.39, 0.29) is 24.4 Å². The van der Waals surface area contributed by atoms with Crippen molar-refractivity contribution in [3.8, 4) is 0 Å². The molecule has 3 aromatic rings. The van der Waals surface area contributed by atoms with Crippen molar-refractivity contribution in [3.05, 3.63) is 75.1 Å². The largest absolute Gasteiger partial charge is 0.458 e. The predicted octanol–water partition coefficient (Wildman–Crippen LogP) is 1.52. The average Bonchev–Trinajstić information content (AvgIpc) is 2.64. The van der Waals surface area contributed by atoms with Gasteiger partial charge in [-0.15, -0.1) is 0 Å². The molecule has 3 aromatic heterocycles. The molecule has 0 unspecified atom stereocenters. The molecule has 0 fully saturated rings. The fraction of sp³-hybridized carbons (Fsp3) is 0.167. The Labute approximate surface area is 158 Å². The first-order valence-electron chi connectivity index (χ1n) is 7.98.